The van der Waals surface area contributed by atoms with E-state index in [-0.39, 0.29) is 11.9 Å². The Morgan fingerprint density at radius 1 is 1.33 bits per heavy atom. The van der Waals surface area contributed by atoms with Crippen LogP contribution in [0.2, 0.25) is 0 Å². The van der Waals surface area contributed by atoms with E-state index >= 15 is 0 Å². The van der Waals surface area contributed by atoms with Crippen molar-refractivity contribution >= 4 is 5.91 Å². The van der Waals surface area contributed by atoms with Crippen molar-refractivity contribution in [2.24, 2.45) is 5.92 Å². The van der Waals surface area contributed by atoms with Crippen LogP contribution in [0.1, 0.15) is 33.6 Å². The Kier molecular flexibility index (Phi) is 6.09. The highest BCUT2D eigenvalue weighted by atomic mass is 16.1. The maximum Gasteiger partial charge on any atom is 0.217 e. The fourth-order valence-corrected chi connectivity index (χ4v) is 2.58. The Labute approximate surface area is 112 Å². The molecule has 1 rings (SSSR count). The van der Waals surface area contributed by atoms with Crippen LogP contribution in [0, 0.1) is 5.92 Å². The monoisotopic (exact) mass is 255 g/mol. The number of nitrogens with zero attached hydrogens (tertiary/aromatic N) is 2. The molecule has 4 heteroatoms. The van der Waals surface area contributed by atoms with Gasteiger partial charge in [0, 0.05) is 25.6 Å². The Hall–Kier alpha value is -0.610. The lowest BCUT2D eigenvalue weighted by Gasteiger charge is -2.37. The molecule has 0 radical (unpaired) electrons. The lowest BCUT2D eigenvalue weighted by atomic mass is 10.00. The maximum atomic E-state index is 11.2. The largest absolute Gasteiger partial charge is 0.352 e. The second kappa shape index (κ2) is 7.10. The van der Waals surface area contributed by atoms with E-state index in [2.05, 4.69) is 43.1 Å². The zero-order valence-electron chi connectivity index (χ0n) is 12.6. The van der Waals surface area contributed by atoms with Crippen molar-refractivity contribution in [3.05, 3.63) is 0 Å². The normalized spacial score (nSPS) is 20.4. The van der Waals surface area contributed by atoms with Crippen molar-refractivity contribution in [2.75, 3.05) is 33.7 Å². The van der Waals surface area contributed by atoms with Crippen LogP contribution in [0.4, 0.5) is 0 Å². The molecule has 4 nitrogen and oxygen atoms in total. The molecular formula is C14H29N3O. The predicted molar refractivity (Wildman–Crippen MR) is 75.6 cm³/mol. The number of piperidine rings is 1. The number of carbonyl (C=O) groups excluding carboxylic acids is 1. The van der Waals surface area contributed by atoms with Crippen LogP contribution >= 0.6 is 0 Å². The van der Waals surface area contributed by atoms with E-state index in [1.807, 2.05) is 0 Å². The number of nitrogens with one attached hydrogen (secondary N) is 1. The van der Waals surface area contributed by atoms with E-state index in [1.54, 1.807) is 6.92 Å². The minimum Gasteiger partial charge on any atom is -0.352 e. The highest BCUT2D eigenvalue weighted by Gasteiger charge is 2.24. The molecule has 106 valence electrons. The first-order chi connectivity index (χ1) is 8.40. The molecule has 1 N–H and O–H groups in total. The van der Waals surface area contributed by atoms with Crippen LogP contribution in [0.25, 0.3) is 0 Å². The molecule has 1 saturated heterocycles. The van der Waals surface area contributed by atoms with E-state index in [0.29, 0.717) is 5.92 Å². The highest BCUT2D eigenvalue weighted by molar-refractivity contribution is 5.73. The minimum absolute atomic E-state index is 0.0804. The molecule has 1 amide bonds. The van der Waals surface area contributed by atoms with Crippen molar-refractivity contribution in [1.29, 1.82) is 0 Å². The zero-order valence-corrected chi connectivity index (χ0v) is 12.6. The summed E-state index contributed by atoms with van der Waals surface area (Å²) in [5.41, 5.74) is 0. The SMILES string of the molecule is CC(=O)NC(CN1CCC(N(C)C)CC1)C(C)C. The van der Waals surface area contributed by atoms with Crippen LogP contribution < -0.4 is 5.32 Å². The van der Waals surface area contributed by atoms with Gasteiger partial charge in [0.15, 0.2) is 0 Å². The molecule has 1 atom stereocenters. The molecule has 1 aliphatic heterocycles. The minimum atomic E-state index is 0.0804. The third-order valence-corrected chi connectivity index (χ3v) is 3.94. The molecule has 1 unspecified atom stereocenters. The van der Waals surface area contributed by atoms with E-state index in [9.17, 15) is 4.79 Å². The molecular weight excluding hydrogens is 226 g/mol. The van der Waals surface area contributed by atoms with E-state index in [1.165, 1.54) is 12.8 Å². The summed E-state index contributed by atoms with van der Waals surface area (Å²) in [4.78, 5) is 16.0. The van der Waals surface area contributed by atoms with E-state index in [4.69, 9.17) is 0 Å². The fraction of sp³-hybridized carbons (Fsp3) is 0.929. The van der Waals surface area contributed by atoms with Crippen molar-refractivity contribution in [3.63, 3.8) is 0 Å². The molecule has 1 fully saturated rings. The van der Waals surface area contributed by atoms with Gasteiger partial charge in [0.25, 0.3) is 0 Å². The van der Waals surface area contributed by atoms with Gasteiger partial charge in [-0.05, 0) is 45.9 Å². The van der Waals surface area contributed by atoms with Crippen molar-refractivity contribution in [2.45, 2.75) is 45.7 Å². The molecule has 0 saturated carbocycles. The summed E-state index contributed by atoms with van der Waals surface area (Å²) in [5.74, 6) is 0.567. The first-order valence-corrected chi connectivity index (χ1v) is 7.06. The standard InChI is InChI=1S/C14H29N3O/c1-11(2)14(15-12(3)18)10-17-8-6-13(7-9-17)16(4)5/h11,13-14H,6-10H2,1-5H3,(H,15,18). The third kappa shape index (κ3) is 4.94. The number of hydrogen-bond acceptors (Lipinski definition) is 3. The van der Waals surface area contributed by atoms with Gasteiger partial charge in [-0.1, -0.05) is 13.8 Å². The van der Waals surface area contributed by atoms with Gasteiger partial charge in [-0.3, -0.25) is 4.79 Å². The number of amides is 1. The molecule has 1 aliphatic rings. The second-order valence-electron chi connectivity index (χ2n) is 6.05. The molecule has 0 bridgehead atoms. The highest BCUT2D eigenvalue weighted by Crippen LogP contribution is 2.15. The van der Waals surface area contributed by atoms with Gasteiger partial charge in [-0.2, -0.15) is 0 Å². The van der Waals surface area contributed by atoms with Gasteiger partial charge in [0.05, 0.1) is 0 Å². The van der Waals surface area contributed by atoms with Crippen LogP contribution in [0.5, 0.6) is 0 Å². The summed E-state index contributed by atoms with van der Waals surface area (Å²) in [6, 6.07) is 0.998. The number of rotatable bonds is 5. The van der Waals surface area contributed by atoms with Gasteiger partial charge in [-0.25, -0.2) is 0 Å². The van der Waals surface area contributed by atoms with Gasteiger partial charge in [0.2, 0.25) is 5.91 Å². The van der Waals surface area contributed by atoms with Crippen LogP contribution in [0.3, 0.4) is 0 Å². The first kappa shape index (κ1) is 15.4. The molecule has 0 aromatic rings. The topological polar surface area (TPSA) is 35.6 Å². The summed E-state index contributed by atoms with van der Waals surface area (Å²) in [5, 5.41) is 3.07. The molecule has 1 heterocycles. The smallest absolute Gasteiger partial charge is 0.217 e. The van der Waals surface area contributed by atoms with Gasteiger partial charge >= 0.3 is 0 Å². The number of carbonyl (C=O) groups is 1. The number of hydrogen-bond donors (Lipinski definition) is 1. The summed E-state index contributed by atoms with van der Waals surface area (Å²) in [6.45, 7) is 9.22. The Morgan fingerprint density at radius 3 is 2.28 bits per heavy atom. The van der Waals surface area contributed by atoms with Crippen LogP contribution in [-0.2, 0) is 4.79 Å². The summed E-state index contributed by atoms with van der Waals surface area (Å²) in [6.07, 6.45) is 2.47. The quantitative estimate of drug-likeness (QED) is 0.801. The zero-order chi connectivity index (χ0) is 13.7. The molecule has 0 aliphatic carbocycles. The number of likely N-dealkylation sites (tertiary alicyclic amines) is 1. The third-order valence-electron chi connectivity index (χ3n) is 3.94. The maximum absolute atomic E-state index is 11.2. The van der Waals surface area contributed by atoms with Gasteiger partial charge in [-0.15, -0.1) is 0 Å². The van der Waals surface area contributed by atoms with Crippen LogP contribution in [0.15, 0.2) is 0 Å². The molecule has 0 spiro atoms. The van der Waals surface area contributed by atoms with Crippen molar-refractivity contribution in [1.82, 2.24) is 15.1 Å². The van der Waals surface area contributed by atoms with Gasteiger partial charge in [0.1, 0.15) is 0 Å². The summed E-state index contributed by atoms with van der Waals surface area (Å²) < 4.78 is 0. The Balaban J connectivity index is 2.40. The Bertz CT molecular complexity index is 258. The predicted octanol–water partition coefficient (Wildman–Crippen LogP) is 1.17. The van der Waals surface area contributed by atoms with Gasteiger partial charge < -0.3 is 15.1 Å². The first-order valence-electron chi connectivity index (χ1n) is 7.06. The Morgan fingerprint density at radius 2 is 1.89 bits per heavy atom. The second-order valence-corrected chi connectivity index (χ2v) is 6.05. The lowest BCUT2D eigenvalue weighted by molar-refractivity contribution is -0.120. The van der Waals surface area contributed by atoms with E-state index in [0.717, 1.165) is 25.7 Å². The summed E-state index contributed by atoms with van der Waals surface area (Å²) in [7, 11) is 4.32. The molecule has 0 aromatic heterocycles. The van der Waals surface area contributed by atoms with Crippen molar-refractivity contribution in [3.8, 4) is 0 Å². The lowest BCUT2D eigenvalue weighted by Crippen LogP contribution is -2.50. The summed E-state index contributed by atoms with van der Waals surface area (Å²) >= 11 is 0. The fourth-order valence-electron chi connectivity index (χ4n) is 2.58. The van der Waals surface area contributed by atoms with Crippen molar-refractivity contribution < 1.29 is 4.79 Å². The average Bonchev–Trinajstić information content (AvgIpc) is 2.28. The van der Waals surface area contributed by atoms with Crippen LogP contribution in [-0.4, -0.2) is 61.5 Å². The van der Waals surface area contributed by atoms with E-state index < -0.39 is 0 Å². The average molecular weight is 255 g/mol. The molecule has 18 heavy (non-hydrogen) atoms. The molecule has 0 aromatic carbocycles.